The van der Waals surface area contributed by atoms with Crippen LogP contribution in [0, 0.1) is 0 Å². The Morgan fingerprint density at radius 1 is 0.258 bits per heavy atom. The number of anilines is 6. The number of nitrogens with zero attached hydrogens (tertiary/aromatic N) is 2. The zero-order chi connectivity index (χ0) is 58.9. The van der Waals surface area contributed by atoms with Gasteiger partial charge in [-0.1, -0.05) is 263 Å². The first-order chi connectivity index (χ1) is 44.2. The van der Waals surface area contributed by atoms with Gasteiger partial charge in [0, 0.05) is 34.9 Å². The van der Waals surface area contributed by atoms with Gasteiger partial charge in [0.15, 0.2) is 0 Å². The predicted molar refractivity (Wildman–Crippen MR) is 370 cm³/mol. The minimum atomic E-state index is -0.476. The molecule has 2 heteroatoms. The summed E-state index contributed by atoms with van der Waals surface area (Å²) in [5, 5.41) is 0. The average molecular weight is 1150 g/mol. The monoisotopic (exact) mass is 1140 g/mol. The van der Waals surface area contributed by atoms with Gasteiger partial charge in [-0.15, -0.1) is 0 Å². The fraction of sp³-hybridized carbons (Fsp3) is 0.172. The van der Waals surface area contributed by atoms with E-state index in [1.54, 1.807) is 0 Å². The minimum Gasteiger partial charge on any atom is -0.310 e. The molecule has 5 aliphatic rings. The van der Waals surface area contributed by atoms with Crippen LogP contribution in [0.3, 0.4) is 0 Å². The molecule has 12 aromatic carbocycles. The number of para-hydroxylation sites is 2. The second-order valence-corrected chi connectivity index (χ2v) is 25.8. The summed E-state index contributed by atoms with van der Waals surface area (Å²) in [5.41, 5.74) is 30.8. The van der Waals surface area contributed by atoms with Crippen molar-refractivity contribution in [3.05, 3.63) is 358 Å². The van der Waals surface area contributed by atoms with E-state index >= 15 is 0 Å². The molecule has 0 atom stereocenters. The molecule has 2 saturated carbocycles. The molecular weight excluding hydrogens is 1070 g/mol. The van der Waals surface area contributed by atoms with Crippen molar-refractivity contribution >= 4 is 34.1 Å². The van der Waals surface area contributed by atoms with Gasteiger partial charge in [-0.2, -0.15) is 0 Å². The number of benzene rings is 12. The van der Waals surface area contributed by atoms with Crippen molar-refractivity contribution in [1.82, 2.24) is 0 Å². The summed E-state index contributed by atoms with van der Waals surface area (Å²) in [6.45, 7) is 0. The third kappa shape index (κ3) is 8.58. The second kappa shape index (κ2) is 22.1. The number of fused-ring (bicyclic) bond motifs is 9. The van der Waals surface area contributed by atoms with E-state index in [4.69, 9.17) is 0 Å². The van der Waals surface area contributed by atoms with Gasteiger partial charge >= 0.3 is 0 Å². The summed E-state index contributed by atoms with van der Waals surface area (Å²) in [7, 11) is 0. The maximum Gasteiger partial charge on any atom is 0.0713 e. The summed E-state index contributed by atoms with van der Waals surface area (Å²) >= 11 is 0. The van der Waals surface area contributed by atoms with Gasteiger partial charge in [0.05, 0.1) is 16.5 Å². The first kappa shape index (κ1) is 53.5. The highest BCUT2D eigenvalue weighted by Crippen LogP contribution is 2.59. The molecule has 430 valence electrons. The Hall–Kier alpha value is -9.76. The molecule has 0 radical (unpaired) electrons. The molecule has 0 bridgehead atoms. The van der Waals surface area contributed by atoms with Crippen LogP contribution in [0.25, 0.3) is 33.4 Å². The number of hydrogen-bond acceptors (Lipinski definition) is 2. The molecule has 12 aromatic rings. The zero-order valence-corrected chi connectivity index (χ0v) is 50.5. The van der Waals surface area contributed by atoms with Crippen LogP contribution in [-0.4, -0.2) is 0 Å². The minimum absolute atomic E-state index is 0.474. The van der Waals surface area contributed by atoms with E-state index in [-0.39, 0.29) is 0 Å². The third-order valence-corrected chi connectivity index (χ3v) is 21.2. The Morgan fingerprint density at radius 2 is 0.618 bits per heavy atom. The molecule has 17 rings (SSSR count). The Balaban J connectivity index is 0.843. The highest BCUT2D eigenvalue weighted by Gasteiger charge is 2.48. The van der Waals surface area contributed by atoms with Gasteiger partial charge in [0.25, 0.3) is 0 Å². The molecule has 2 nitrogen and oxygen atoms in total. The topological polar surface area (TPSA) is 6.48 Å². The van der Waals surface area contributed by atoms with Crippen LogP contribution >= 0.6 is 0 Å². The Labute approximate surface area is 525 Å². The lowest BCUT2D eigenvalue weighted by Crippen LogP contribution is -2.28. The van der Waals surface area contributed by atoms with E-state index in [1.807, 2.05) is 0 Å². The molecule has 0 saturated heterocycles. The Bertz CT molecular complexity index is 4480. The lowest BCUT2D eigenvalue weighted by atomic mass is 9.68. The van der Waals surface area contributed by atoms with Crippen molar-refractivity contribution in [2.45, 2.75) is 93.3 Å². The molecule has 0 unspecified atom stereocenters. The largest absolute Gasteiger partial charge is 0.310 e. The maximum atomic E-state index is 2.67. The van der Waals surface area contributed by atoms with Crippen LogP contribution in [-0.2, 0) is 17.3 Å². The quantitative estimate of drug-likeness (QED) is 0.120. The van der Waals surface area contributed by atoms with E-state index in [0.717, 1.165) is 17.8 Å². The second-order valence-electron chi connectivity index (χ2n) is 25.8. The van der Waals surface area contributed by atoms with E-state index in [2.05, 4.69) is 301 Å². The maximum absolute atomic E-state index is 2.67. The fourth-order valence-corrected chi connectivity index (χ4v) is 17.3. The average Bonchev–Trinajstić information content (AvgIpc) is 1.59. The van der Waals surface area contributed by atoms with Gasteiger partial charge in [-0.25, -0.2) is 0 Å². The molecule has 0 aromatic heterocycles. The van der Waals surface area contributed by atoms with Crippen molar-refractivity contribution in [1.29, 1.82) is 0 Å². The van der Waals surface area contributed by atoms with Crippen molar-refractivity contribution in [3.63, 3.8) is 0 Å². The van der Waals surface area contributed by atoms with Crippen LogP contribution in [0.15, 0.2) is 291 Å². The first-order valence-corrected chi connectivity index (χ1v) is 32.9. The molecule has 0 aliphatic heterocycles. The summed E-state index contributed by atoms with van der Waals surface area (Å²) in [6, 6.07) is 111. The van der Waals surface area contributed by atoms with Gasteiger partial charge < -0.3 is 9.80 Å². The number of rotatable bonds is 12. The molecule has 5 aliphatic carbocycles. The standard InChI is InChI=1S/C87H72N2/c1-7-27-60(28-8-1)62-55-77-78-58-71(88(67-35-15-5-16-36-67)69-51-47-65(48-52-69)86(63-31-11-3-12-32-63)81-43-23-19-39-72(81)73-40-20-24-44-82(73)86)57-76(61-29-9-2-10-30-61)79(78)59-80(77)85(56-62)89(68-37-17-6-18-38-68)70-53-49-66(50-54-70)87(64-33-13-4-14-34-64)83-45-25-21-41-74(83)75-42-22-26-46-84(75)87/h3-6,11-26,31-58,60-61H,1-2,7-10,27-30,59H2. The van der Waals surface area contributed by atoms with Gasteiger partial charge in [0.1, 0.15) is 0 Å². The smallest absolute Gasteiger partial charge is 0.0713 e. The Kier molecular flexibility index (Phi) is 13.3. The van der Waals surface area contributed by atoms with Gasteiger partial charge in [-0.05, 0) is 204 Å². The summed E-state index contributed by atoms with van der Waals surface area (Å²) in [4.78, 5) is 5.18. The summed E-state index contributed by atoms with van der Waals surface area (Å²) in [5.74, 6) is 0.991. The molecule has 0 spiro atoms. The number of hydrogen-bond donors (Lipinski definition) is 0. The SMILES string of the molecule is c1ccc(N(c2ccc(C3(c4ccccc4)c4ccccc4-c4ccccc43)cc2)c2cc3c(c(C4CCCCC4)c2)Cc2c-3cc(C3CCCCC3)cc2N(c2ccccc2)c2ccc(C3(c4ccccc4)c4ccccc4-c4ccccc43)cc2)cc1. The molecular formula is C87H72N2. The van der Waals surface area contributed by atoms with Crippen LogP contribution < -0.4 is 9.80 Å². The van der Waals surface area contributed by atoms with Crippen molar-refractivity contribution in [3.8, 4) is 33.4 Å². The lowest BCUT2D eigenvalue weighted by Gasteiger charge is -2.35. The van der Waals surface area contributed by atoms with Crippen LogP contribution in [0.1, 0.15) is 143 Å². The predicted octanol–water partition coefficient (Wildman–Crippen LogP) is 23.0. The Morgan fingerprint density at radius 3 is 1.08 bits per heavy atom. The molecule has 0 N–H and O–H groups in total. The lowest BCUT2D eigenvalue weighted by molar-refractivity contribution is 0.442. The van der Waals surface area contributed by atoms with E-state index in [9.17, 15) is 0 Å². The van der Waals surface area contributed by atoms with E-state index < -0.39 is 10.8 Å². The normalized spacial score (nSPS) is 15.9. The summed E-state index contributed by atoms with van der Waals surface area (Å²) in [6.07, 6.45) is 13.5. The van der Waals surface area contributed by atoms with Gasteiger partial charge in [0.2, 0.25) is 0 Å². The van der Waals surface area contributed by atoms with Crippen molar-refractivity contribution in [2.75, 3.05) is 9.80 Å². The van der Waals surface area contributed by atoms with Crippen LogP contribution in [0.4, 0.5) is 34.1 Å². The van der Waals surface area contributed by atoms with Crippen molar-refractivity contribution < 1.29 is 0 Å². The van der Waals surface area contributed by atoms with Gasteiger partial charge in [-0.3, -0.25) is 0 Å². The van der Waals surface area contributed by atoms with Crippen molar-refractivity contribution in [2.24, 2.45) is 0 Å². The van der Waals surface area contributed by atoms with Crippen LogP contribution in [0.2, 0.25) is 0 Å². The van der Waals surface area contributed by atoms with Crippen LogP contribution in [0.5, 0.6) is 0 Å². The third-order valence-electron chi connectivity index (χ3n) is 21.2. The molecule has 0 heterocycles. The fourth-order valence-electron chi connectivity index (χ4n) is 17.3. The first-order valence-electron chi connectivity index (χ1n) is 32.9. The van der Waals surface area contributed by atoms with E-state index in [1.165, 1.54) is 187 Å². The zero-order valence-electron chi connectivity index (χ0n) is 50.5. The highest BCUT2D eigenvalue weighted by atomic mass is 15.2. The molecule has 2 fully saturated rings. The van der Waals surface area contributed by atoms with E-state index in [0.29, 0.717) is 11.8 Å². The summed E-state index contributed by atoms with van der Waals surface area (Å²) < 4.78 is 0. The highest BCUT2D eigenvalue weighted by molar-refractivity contribution is 5.93. The molecule has 0 amide bonds. The molecule has 89 heavy (non-hydrogen) atoms.